The van der Waals surface area contributed by atoms with Crippen LogP contribution >= 0.6 is 0 Å². The molecule has 0 fully saturated rings. The summed E-state index contributed by atoms with van der Waals surface area (Å²) in [6.07, 6.45) is 24.7. The summed E-state index contributed by atoms with van der Waals surface area (Å²) in [6, 6.07) is 49.2. The lowest BCUT2D eigenvalue weighted by atomic mass is 10.1. The van der Waals surface area contributed by atoms with Crippen molar-refractivity contribution in [1.29, 1.82) is 0 Å². The molecule has 1 N–H and O–H groups in total. The van der Waals surface area contributed by atoms with E-state index in [2.05, 4.69) is 67.6 Å². The quantitative estimate of drug-likeness (QED) is 0.0895. The number of aromatic nitrogens is 15. The van der Waals surface area contributed by atoms with Crippen molar-refractivity contribution in [1.82, 2.24) is 74.2 Å². The molecule has 6 heterocycles. The number of aromatic hydroxyl groups is 1. The second-order valence-electron chi connectivity index (χ2n) is 21.0. The molecule has 0 saturated carbocycles. The minimum Gasteiger partial charge on any atom is -0.508 e. The third-order valence-corrected chi connectivity index (χ3v) is 12.5. The molecule has 0 atom stereocenters. The van der Waals surface area contributed by atoms with Crippen molar-refractivity contribution in [2.75, 3.05) is 7.11 Å². The van der Waals surface area contributed by atoms with E-state index in [-0.39, 0.29) is 18.0 Å². The van der Waals surface area contributed by atoms with Gasteiger partial charge in [0.25, 0.3) is 0 Å². The van der Waals surface area contributed by atoms with Crippen LogP contribution in [-0.4, -0.2) is 98.7 Å². The molecule has 12 rings (SSSR count). The monoisotopic (exact) mass is 1200 g/mol. The van der Waals surface area contributed by atoms with Crippen molar-refractivity contribution >= 4 is 49.1 Å². The van der Waals surface area contributed by atoms with Gasteiger partial charge in [0.15, 0.2) is 23.3 Å². The molecule has 20 nitrogen and oxygen atoms in total. The summed E-state index contributed by atoms with van der Waals surface area (Å²) >= 11 is 0. The topological polar surface area (TPSA) is 223 Å². The maximum absolute atomic E-state index is 9.59. The molecule has 0 unspecified atom stereocenters. The Balaban J connectivity index is 0.000000143. The Hall–Kier alpha value is -11.7. The maximum atomic E-state index is 9.59. The molecule has 12 aromatic rings. The van der Waals surface area contributed by atoms with E-state index in [1.807, 2.05) is 220 Å². The highest BCUT2D eigenvalue weighted by Gasteiger charge is 2.12. The zero-order valence-electron chi connectivity index (χ0n) is 51.5. The molecule has 0 spiro atoms. The first-order chi connectivity index (χ1) is 43.6. The molecule has 0 bridgehead atoms. The van der Waals surface area contributed by atoms with Crippen molar-refractivity contribution in [2.24, 2.45) is 0 Å². The van der Waals surface area contributed by atoms with Crippen LogP contribution in [0.25, 0.3) is 94.7 Å². The number of rotatable bonds is 17. The van der Waals surface area contributed by atoms with Crippen molar-refractivity contribution in [3.05, 3.63) is 235 Å². The number of hydrogen-bond acceptors (Lipinski definition) is 16. The predicted molar refractivity (Wildman–Crippen MR) is 353 cm³/mol. The fourth-order valence-corrected chi connectivity index (χ4v) is 8.71. The lowest BCUT2D eigenvalue weighted by molar-refractivity contribution is 0.242. The van der Waals surface area contributed by atoms with Gasteiger partial charge in [-0.25, -0.2) is 38.7 Å². The third kappa shape index (κ3) is 19.4. The normalized spacial score (nSPS) is 11.2. The first-order valence-electron chi connectivity index (χ1n) is 28.8. The Labute approximate surface area is 522 Å². The second-order valence-corrected chi connectivity index (χ2v) is 21.0. The Bertz CT molecular complexity index is 4150. The van der Waals surface area contributed by atoms with Gasteiger partial charge in [-0.05, 0) is 192 Å². The average molecular weight is 1200 g/mol. The Morgan fingerprint density at radius 3 is 1.23 bits per heavy atom. The Morgan fingerprint density at radius 1 is 0.433 bits per heavy atom. The van der Waals surface area contributed by atoms with Gasteiger partial charge in [-0.1, -0.05) is 66.7 Å². The molecule has 90 heavy (non-hydrogen) atoms. The fourth-order valence-electron chi connectivity index (χ4n) is 8.71. The van der Waals surface area contributed by atoms with Gasteiger partial charge in [0.2, 0.25) is 12.3 Å². The summed E-state index contributed by atoms with van der Waals surface area (Å²) in [7, 11) is 1.66. The van der Waals surface area contributed by atoms with Gasteiger partial charge in [0.1, 0.15) is 48.3 Å². The highest BCUT2D eigenvalue weighted by atomic mass is 16.5. The number of ether oxygens (including phenoxy) is 3. The second kappa shape index (κ2) is 31.1. The maximum Gasteiger partial charge on any atom is 0.241 e. The van der Waals surface area contributed by atoms with Crippen molar-refractivity contribution in [3.63, 3.8) is 0 Å². The molecular formula is C70H69N15O5. The first-order valence-corrected chi connectivity index (χ1v) is 28.8. The first kappa shape index (κ1) is 62.8. The summed E-state index contributed by atoms with van der Waals surface area (Å²) in [4.78, 5) is 21.6. The van der Waals surface area contributed by atoms with Crippen LogP contribution in [0.15, 0.2) is 194 Å². The molecule has 6 aromatic heterocycles. The van der Waals surface area contributed by atoms with Gasteiger partial charge in [-0.3, -0.25) is 4.98 Å². The lowest BCUT2D eigenvalue weighted by Crippen LogP contribution is -2.05. The fraction of sp³-hybridized carbons (Fsp3) is 0.157. The van der Waals surface area contributed by atoms with E-state index in [4.69, 9.17) is 18.6 Å². The van der Waals surface area contributed by atoms with Crippen molar-refractivity contribution in [3.8, 4) is 68.5 Å². The van der Waals surface area contributed by atoms with Crippen LogP contribution in [0.5, 0.6) is 23.0 Å². The minimum atomic E-state index is 0.131. The molecule has 454 valence electrons. The highest BCUT2D eigenvalue weighted by molar-refractivity contribution is 5.65. The summed E-state index contributed by atoms with van der Waals surface area (Å²) in [5, 5.41) is 34.6. The lowest BCUT2D eigenvalue weighted by Gasteiger charge is -2.11. The minimum absolute atomic E-state index is 0.131. The molecule has 0 radical (unpaired) electrons. The number of methoxy groups -OCH3 is 1. The molecule has 20 heteroatoms. The SMILES string of the molecule is COc1cc(C)cc(-c2ncn(/C=C\c3ccccc3)n2)c1.Cc1cc(O)cc(-c2ncn(/C=C\c3nnco3)n2)c1.Cc1cc(OC(C)C)cc(-c2ncn(/C=C\c3ccccc3)n2)c1.Cc1cc(OC(C)C)cc(-c2ncn(/C=C\c3ccccn3)n2)c1. The molecule has 0 saturated heterocycles. The number of phenols is 1. The van der Waals surface area contributed by atoms with Crippen LogP contribution in [0.4, 0.5) is 0 Å². The largest absolute Gasteiger partial charge is 0.508 e. The molecular weight excluding hydrogens is 1130 g/mol. The van der Waals surface area contributed by atoms with E-state index >= 15 is 0 Å². The summed E-state index contributed by atoms with van der Waals surface area (Å²) in [6.45, 7) is 16.1. The van der Waals surface area contributed by atoms with E-state index in [1.165, 1.54) is 11.1 Å². The number of aryl methyl sites for hydroxylation is 4. The summed E-state index contributed by atoms with van der Waals surface area (Å²) < 4.78 is 28.5. The molecule has 0 aliphatic rings. The van der Waals surface area contributed by atoms with Gasteiger partial charge in [-0.15, -0.1) is 30.6 Å². The number of nitrogens with zero attached hydrogens (tertiary/aromatic N) is 15. The van der Waals surface area contributed by atoms with Gasteiger partial charge in [0, 0.05) is 59.3 Å². The van der Waals surface area contributed by atoms with Crippen LogP contribution in [0, 0.1) is 27.7 Å². The van der Waals surface area contributed by atoms with E-state index in [0.717, 1.165) is 78.6 Å². The van der Waals surface area contributed by atoms with Gasteiger partial charge >= 0.3 is 0 Å². The van der Waals surface area contributed by atoms with Crippen molar-refractivity contribution < 1.29 is 23.7 Å². The van der Waals surface area contributed by atoms with Crippen LogP contribution in [-0.2, 0) is 0 Å². The van der Waals surface area contributed by atoms with Crippen LogP contribution in [0.2, 0.25) is 0 Å². The van der Waals surface area contributed by atoms with Gasteiger partial charge in [0.05, 0.1) is 25.0 Å². The highest BCUT2D eigenvalue weighted by Crippen LogP contribution is 2.28. The van der Waals surface area contributed by atoms with Crippen LogP contribution in [0.1, 0.15) is 72.7 Å². The average Bonchev–Trinajstić information content (AvgIpc) is 2.06. The standard InChI is InChI=1S/C20H21N3O.C19H20N4O.C18H17N3O.C13H11N5O2/c1-15(2)24-19-12-16(3)11-18(13-19)20-21-14-23(22-20)10-9-17-7-5-4-6-8-17;1-14(2)24-18-11-15(3)10-16(12-18)19-21-13-23(22-19)9-7-17-6-4-5-8-20-17;1-14-10-16(12-17(11-14)22-2)18-19-13-21(20-18)9-8-15-6-4-3-5-7-15;1-9-4-10(6-11(19)5-9)13-14-7-18(17-13)3-2-12-16-15-8-20-12/h4-15H,1-3H3;4-14H,1-3H3;3-13H,1-2H3;2-8,19H,1H3/b10-9-;9-7-;9-8-;3-2-. The van der Waals surface area contributed by atoms with Gasteiger partial charge in [-0.2, -0.15) is 0 Å². The zero-order valence-corrected chi connectivity index (χ0v) is 51.5. The number of hydrogen-bond donors (Lipinski definition) is 1. The third-order valence-electron chi connectivity index (χ3n) is 12.5. The number of phenolic OH excluding ortho intramolecular Hbond substituents is 1. The summed E-state index contributed by atoms with van der Waals surface area (Å²) in [5.41, 5.74) is 11.0. The Morgan fingerprint density at radius 2 is 0.833 bits per heavy atom. The molecule has 0 aliphatic heterocycles. The number of benzene rings is 6. The zero-order chi connectivity index (χ0) is 63.2. The molecule has 0 amide bonds. The number of pyridine rings is 1. The summed E-state index contributed by atoms with van der Waals surface area (Å²) in [5.74, 6) is 5.62. The molecule has 0 aliphatic carbocycles. The van der Waals surface area contributed by atoms with Crippen LogP contribution in [0.3, 0.4) is 0 Å². The van der Waals surface area contributed by atoms with Crippen molar-refractivity contribution in [2.45, 2.75) is 67.6 Å². The van der Waals surface area contributed by atoms with E-state index < -0.39 is 0 Å². The van der Waals surface area contributed by atoms with Crippen LogP contribution < -0.4 is 14.2 Å². The van der Waals surface area contributed by atoms with E-state index in [0.29, 0.717) is 29.2 Å². The molecule has 6 aromatic carbocycles. The van der Waals surface area contributed by atoms with E-state index in [9.17, 15) is 5.11 Å². The smallest absolute Gasteiger partial charge is 0.241 e. The van der Waals surface area contributed by atoms with Gasteiger partial charge < -0.3 is 23.7 Å². The van der Waals surface area contributed by atoms with E-state index in [1.54, 1.807) is 77.1 Å². The Kier molecular flexibility index (Phi) is 21.7. The predicted octanol–water partition coefficient (Wildman–Crippen LogP) is 14.6.